The minimum atomic E-state index is -4.68. The van der Waals surface area contributed by atoms with Gasteiger partial charge in [-0.15, -0.1) is 0 Å². The third kappa shape index (κ3) is 0.979. The van der Waals surface area contributed by atoms with Crippen molar-refractivity contribution in [3.8, 4) is 0 Å². The van der Waals surface area contributed by atoms with Crippen molar-refractivity contribution in [1.29, 1.82) is 0 Å². The first-order chi connectivity index (χ1) is 5.30. The quantitative estimate of drug-likeness (QED) is 0.601. The smallest absolute Gasteiger partial charge is 0.362 e. The maximum absolute atomic E-state index is 12.3. The summed E-state index contributed by atoms with van der Waals surface area (Å²) < 4.78 is 36.8. The van der Waals surface area contributed by atoms with E-state index in [0.717, 1.165) is 13.3 Å². The molecule has 6 heteroatoms. The summed E-state index contributed by atoms with van der Waals surface area (Å²) in [6, 6.07) is 0. The molecule has 0 aromatic carbocycles. The predicted octanol–water partition coefficient (Wildman–Crippen LogP) is 0.805. The number of halogens is 3. The maximum atomic E-state index is 12.3. The van der Waals surface area contributed by atoms with Crippen LogP contribution in [0.3, 0.4) is 0 Å². The topological polar surface area (TPSA) is 35.8 Å². The second-order valence-corrected chi connectivity index (χ2v) is 2.80. The third-order valence-corrected chi connectivity index (χ3v) is 2.01. The van der Waals surface area contributed by atoms with Crippen LogP contribution in [0.1, 0.15) is 6.92 Å². The van der Waals surface area contributed by atoms with E-state index in [9.17, 15) is 18.3 Å². The van der Waals surface area contributed by atoms with Crippen LogP contribution < -0.4 is 0 Å². The number of nitrogens with zero attached hydrogens (tertiary/aromatic N) is 2. The molecule has 2 unspecified atom stereocenters. The van der Waals surface area contributed by atoms with Crippen molar-refractivity contribution >= 4 is 6.21 Å². The molecule has 0 fully saturated rings. The lowest BCUT2D eigenvalue weighted by molar-refractivity contribution is -0.316. The normalized spacial score (nSPS) is 36.2. The molecule has 12 heavy (non-hydrogen) atoms. The van der Waals surface area contributed by atoms with E-state index in [4.69, 9.17) is 0 Å². The van der Waals surface area contributed by atoms with Crippen molar-refractivity contribution < 1.29 is 18.3 Å². The van der Waals surface area contributed by atoms with Gasteiger partial charge in [-0.05, 0) is 0 Å². The zero-order chi connectivity index (χ0) is 9.57. The Morgan fingerprint density at radius 3 is 2.25 bits per heavy atom. The summed E-state index contributed by atoms with van der Waals surface area (Å²) in [5, 5.41) is 13.1. The molecule has 3 nitrogen and oxygen atoms in total. The number of hydrogen-bond donors (Lipinski definition) is 1. The van der Waals surface area contributed by atoms with Gasteiger partial charge in [0.15, 0.2) is 0 Å². The van der Waals surface area contributed by atoms with E-state index < -0.39 is 17.8 Å². The van der Waals surface area contributed by atoms with Gasteiger partial charge in [0.05, 0.1) is 5.92 Å². The van der Waals surface area contributed by atoms with Crippen molar-refractivity contribution in [1.82, 2.24) is 5.01 Å². The molecule has 0 saturated heterocycles. The van der Waals surface area contributed by atoms with E-state index in [1.54, 1.807) is 0 Å². The van der Waals surface area contributed by atoms with E-state index in [1.165, 1.54) is 6.92 Å². The number of aliphatic hydroxyl groups is 1. The van der Waals surface area contributed by atoms with Crippen LogP contribution in [-0.4, -0.2) is 35.3 Å². The Hall–Kier alpha value is -0.780. The van der Waals surface area contributed by atoms with Crippen LogP contribution in [0.25, 0.3) is 0 Å². The van der Waals surface area contributed by atoms with Crippen LogP contribution in [0.4, 0.5) is 13.2 Å². The van der Waals surface area contributed by atoms with E-state index in [2.05, 4.69) is 5.10 Å². The average molecular weight is 182 g/mol. The molecule has 0 saturated carbocycles. The van der Waals surface area contributed by atoms with Gasteiger partial charge in [-0.2, -0.15) is 18.3 Å². The van der Waals surface area contributed by atoms with Gasteiger partial charge in [0.1, 0.15) is 0 Å². The van der Waals surface area contributed by atoms with Crippen LogP contribution in [0.5, 0.6) is 0 Å². The highest BCUT2D eigenvalue weighted by Gasteiger charge is 2.62. The van der Waals surface area contributed by atoms with E-state index in [1.807, 2.05) is 0 Å². The van der Waals surface area contributed by atoms with E-state index in [0.29, 0.717) is 5.01 Å². The highest BCUT2D eigenvalue weighted by molar-refractivity contribution is 5.64. The summed E-state index contributed by atoms with van der Waals surface area (Å²) in [6.45, 7) is 1.26. The number of hydrazone groups is 1. The molecule has 0 aliphatic carbocycles. The van der Waals surface area contributed by atoms with Crippen molar-refractivity contribution in [2.24, 2.45) is 11.0 Å². The van der Waals surface area contributed by atoms with Gasteiger partial charge in [0.25, 0.3) is 5.72 Å². The zero-order valence-corrected chi connectivity index (χ0v) is 6.63. The monoisotopic (exact) mass is 182 g/mol. The number of rotatable bonds is 0. The summed E-state index contributed by atoms with van der Waals surface area (Å²) in [6.07, 6.45) is -3.61. The molecule has 0 amide bonds. The molecule has 1 rings (SSSR count). The van der Waals surface area contributed by atoms with Gasteiger partial charge in [0, 0.05) is 13.3 Å². The third-order valence-electron chi connectivity index (χ3n) is 2.01. The summed E-state index contributed by atoms with van der Waals surface area (Å²) >= 11 is 0. The van der Waals surface area contributed by atoms with E-state index in [-0.39, 0.29) is 0 Å². The Kier molecular flexibility index (Phi) is 1.82. The minimum Gasteiger partial charge on any atom is -0.362 e. The average Bonchev–Trinajstić information content (AvgIpc) is 2.16. The molecule has 1 aliphatic heterocycles. The Balaban J connectivity index is 2.99. The van der Waals surface area contributed by atoms with Gasteiger partial charge in [-0.25, -0.2) is 0 Å². The van der Waals surface area contributed by atoms with E-state index >= 15 is 0 Å². The van der Waals surface area contributed by atoms with Gasteiger partial charge in [0.2, 0.25) is 0 Å². The first-order valence-corrected chi connectivity index (χ1v) is 3.37. The first-order valence-electron chi connectivity index (χ1n) is 3.37. The summed E-state index contributed by atoms with van der Waals surface area (Å²) in [4.78, 5) is 0. The molecular weight excluding hydrogens is 173 g/mol. The summed E-state index contributed by atoms with van der Waals surface area (Å²) in [5.74, 6) is -1.04. The molecule has 0 radical (unpaired) electrons. The Bertz CT molecular complexity index is 201. The number of alkyl halides is 3. The Morgan fingerprint density at radius 1 is 1.58 bits per heavy atom. The van der Waals surface area contributed by atoms with Crippen molar-refractivity contribution in [2.45, 2.75) is 18.8 Å². The molecule has 0 spiro atoms. The van der Waals surface area contributed by atoms with Gasteiger partial charge in [-0.3, -0.25) is 5.01 Å². The van der Waals surface area contributed by atoms with Crippen molar-refractivity contribution in [2.75, 3.05) is 7.05 Å². The first kappa shape index (κ1) is 9.31. The minimum absolute atomic E-state index is 0.525. The standard InChI is InChI=1S/C6H9F3N2O/c1-4-3-10-11(2)5(4,12)6(7,8)9/h3-4,12H,1-2H3. The fourth-order valence-electron chi connectivity index (χ4n) is 1.13. The molecule has 70 valence electrons. The number of hydrogen-bond acceptors (Lipinski definition) is 3. The second kappa shape index (κ2) is 2.35. The van der Waals surface area contributed by atoms with Crippen LogP contribution in [0.2, 0.25) is 0 Å². The van der Waals surface area contributed by atoms with Gasteiger partial charge >= 0.3 is 6.18 Å². The largest absolute Gasteiger partial charge is 0.438 e. The fourth-order valence-corrected chi connectivity index (χ4v) is 1.13. The lowest BCUT2D eigenvalue weighted by atomic mass is 9.99. The Morgan fingerprint density at radius 2 is 2.08 bits per heavy atom. The van der Waals surface area contributed by atoms with Crippen LogP contribution in [0.15, 0.2) is 5.10 Å². The van der Waals surface area contributed by atoms with Crippen LogP contribution in [0, 0.1) is 5.92 Å². The highest BCUT2D eigenvalue weighted by atomic mass is 19.4. The molecule has 1 aliphatic rings. The lowest BCUT2D eigenvalue weighted by Crippen LogP contribution is -2.57. The predicted molar refractivity (Wildman–Crippen MR) is 36.4 cm³/mol. The zero-order valence-electron chi connectivity index (χ0n) is 6.63. The maximum Gasteiger partial charge on any atom is 0.438 e. The second-order valence-electron chi connectivity index (χ2n) is 2.80. The van der Waals surface area contributed by atoms with Crippen molar-refractivity contribution in [3.63, 3.8) is 0 Å². The van der Waals surface area contributed by atoms with Gasteiger partial charge < -0.3 is 5.11 Å². The highest BCUT2D eigenvalue weighted by Crippen LogP contribution is 2.40. The van der Waals surface area contributed by atoms with Crippen molar-refractivity contribution in [3.05, 3.63) is 0 Å². The molecule has 0 bridgehead atoms. The molecule has 1 heterocycles. The molecular formula is C6H9F3N2O. The van der Waals surface area contributed by atoms with Gasteiger partial charge in [-0.1, -0.05) is 6.92 Å². The van der Waals surface area contributed by atoms with Crippen LogP contribution in [-0.2, 0) is 0 Å². The molecule has 2 atom stereocenters. The lowest BCUT2D eigenvalue weighted by Gasteiger charge is -2.34. The molecule has 0 aromatic rings. The SMILES string of the molecule is CC1C=NN(C)C1(O)C(F)(F)F. The Labute approximate surface area is 67.5 Å². The molecule has 0 aromatic heterocycles. The fraction of sp³-hybridized carbons (Fsp3) is 0.833. The summed E-state index contributed by atoms with van der Waals surface area (Å²) in [5.41, 5.74) is -2.84. The molecule has 1 N–H and O–H groups in total. The summed E-state index contributed by atoms with van der Waals surface area (Å²) in [7, 11) is 1.09. The van der Waals surface area contributed by atoms with Crippen LogP contribution >= 0.6 is 0 Å².